The van der Waals surface area contributed by atoms with E-state index in [0.717, 1.165) is 16.1 Å². The minimum atomic E-state index is -0.387. The number of thiophene rings is 1. The lowest BCUT2D eigenvalue weighted by atomic mass is 10.1. The maximum atomic E-state index is 13.5. The first-order valence-corrected chi connectivity index (χ1v) is 9.36. The molecular formula is C19H19FN4OS. The molecule has 0 saturated carbocycles. The highest BCUT2D eigenvalue weighted by Crippen LogP contribution is 2.22. The highest BCUT2D eigenvalue weighted by atomic mass is 32.1. The van der Waals surface area contributed by atoms with Gasteiger partial charge >= 0.3 is 0 Å². The summed E-state index contributed by atoms with van der Waals surface area (Å²) in [5.74, 6) is -0.290. The first-order valence-electron chi connectivity index (χ1n) is 8.48. The summed E-state index contributed by atoms with van der Waals surface area (Å²) in [5.41, 5.74) is 1.89. The van der Waals surface area contributed by atoms with E-state index in [-0.39, 0.29) is 17.8 Å². The lowest BCUT2D eigenvalue weighted by molar-refractivity contribution is -0.126. The molecule has 1 atom stereocenters. The molecule has 3 aromatic rings. The van der Waals surface area contributed by atoms with Gasteiger partial charge in [0.05, 0.1) is 12.2 Å². The van der Waals surface area contributed by atoms with Crippen molar-refractivity contribution in [2.45, 2.75) is 25.7 Å². The highest BCUT2D eigenvalue weighted by Gasteiger charge is 2.30. The summed E-state index contributed by atoms with van der Waals surface area (Å²) >= 11 is 1.62. The number of halogens is 1. The normalized spacial score (nSPS) is 17.0. The number of amides is 1. The number of aromatic nitrogens is 2. The summed E-state index contributed by atoms with van der Waals surface area (Å²) in [6.07, 6.45) is 1.72. The van der Waals surface area contributed by atoms with Crippen LogP contribution in [0.25, 0.3) is 0 Å². The molecule has 5 nitrogen and oxygen atoms in total. The van der Waals surface area contributed by atoms with E-state index in [9.17, 15) is 9.18 Å². The molecule has 0 fully saturated rings. The van der Waals surface area contributed by atoms with Crippen molar-refractivity contribution in [1.29, 1.82) is 0 Å². The van der Waals surface area contributed by atoms with Crippen LogP contribution >= 0.6 is 11.3 Å². The molecule has 0 unspecified atom stereocenters. The lowest BCUT2D eigenvalue weighted by Gasteiger charge is -2.33. The Hall–Kier alpha value is -2.51. The van der Waals surface area contributed by atoms with Crippen LogP contribution in [0.5, 0.6) is 0 Å². The molecule has 1 aromatic carbocycles. The van der Waals surface area contributed by atoms with Crippen molar-refractivity contribution in [1.82, 2.24) is 20.0 Å². The van der Waals surface area contributed by atoms with Crippen LogP contribution in [0.4, 0.5) is 4.39 Å². The summed E-state index contributed by atoms with van der Waals surface area (Å²) in [4.78, 5) is 16.0. The van der Waals surface area contributed by atoms with Crippen LogP contribution in [0.2, 0.25) is 0 Å². The van der Waals surface area contributed by atoms with Crippen LogP contribution in [0.1, 0.15) is 22.2 Å². The van der Waals surface area contributed by atoms with Gasteiger partial charge in [0.2, 0.25) is 5.91 Å². The van der Waals surface area contributed by atoms with Gasteiger partial charge in [-0.05, 0) is 35.2 Å². The predicted octanol–water partition coefficient (Wildman–Crippen LogP) is 2.96. The fraction of sp³-hybridized carbons (Fsp3) is 0.263. The average molecular weight is 370 g/mol. The van der Waals surface area contributed by atoms with Crippen molar-refractivity contribution in [3.05, 3.63) is 76.0 Å². The molecule has 1 aliphatic rings. The topological polar surface area (TPSA) is 50.2 Å². The smallest absolute Gasteiger partial charge is 0.246 e. The Kier molecular flexibility index (Phi) is 4.81. The summed E-state index contributed by atoms with van der Waals surface area (Å²) in [7, 11) is 0. The summed E-state index contributed by atoms with van der Waals surface area (Å²) in [6, 6.07) is 12.1. The van der Waals surface area contributed by atoms with E-state index >= 15 is 0 Å². The van der Waals surface area contributed by atoms with Gasteiger partial charge in [-0.1, -0.05) is 18.2 Å². The van der Waals surface area contributed by atoms with Gasteiger partial charge < -0.3 is 5.32 Å². The number of hydrogen-bond acceptors (Lipinski definition) is 4. The molecule has 134 valence electrons. The minimum Gasteiger partial charge on any atom is -0.349 e. The molecule has 0 spiro atoms. The van der Waals surface area contributed by atoms with E-state index in [1.54, 1.807) is 28.3 Å². The highest BCUT2D eigenvalue weighted by molar-refractivity contribution is 7.09. The van der Waals surface area contributed by atoms with Gasteiger partial charge in [0.25, 0.3) is 0 Å². The van der Waals surface area contributed by atoms with E-state index < -0.39 is 0 Å². The van der Waals surface area contributed by atoms with E-state index in [1.807, 2.05) is 29.6 Å². The fourth-order valence-corrected chi connectivity index (χ4v) is 3.92. The minimum absolute atomic E-state index is 0.0488. The maximum Gasteiger partial charge on any atom is 0.246 e. The number of nitrogens with zero attached hydrogens (tertiary/aromatic N) is 3. The quantitative estimate of drug-likeness (QED) is 0.751. The number of carbonyl (C=O) groups is 1. The number of rotatable bonds is 5. The molecule has 0 aliphatic carbocycles. The predicted molar refractivity (Wildman–Crippen MR) is 97.9 cm³/mol. The number of carbonyl (C=O) groups excluding carboxylic acids is 1. The van der Waals surface area contributed by atoms with E-state index in [2.05, 4.69) is 15.3 Å². The van der Waals surface area contributed by atoms with E-state index in [0.29, 0.717) is 26.2 Å². The molecule has 7 heteroatoms. The molecular weight excluding hydrogens is 351 g/mol. The number of benzene rings is 1. The van der Waals surface area contributed by atoms with Crippen LogP contribution < -0.4 is 5.32 Å². The molecule has 26 heavy (non-hydrogen) atoms. The number of hydrogen-bond donors (Lipinski definition) is 1. The van der Waals surface area contributed by atoms with Crippen LogP contribution in [-0.2, 0) is 24.4 Å². The van der Waals surface area contributed by atoms with Crippen LogP contribution in [0.3, 0.4) is 0 Å². The molecule has 1 aliphatic heterocycles. The van der Waals surface area contributed by atoms with E-state index in [4.69, 9.17) is 0 Å². The second-order valence-electron chi connectivity index (χ2n) is 6.38. The molecule has 0 saturated heterocycles. The third-order valence-electron chi connectivity index (χ3n) is 4.48. The van der Waals surface area contributed by atoms with Crippen molar-refractivity contribution < 1.29 is 9.18 Å². The number of nitrogens with one attached hydrogen (secondary N) is 1. The van der Waals surface area contributed by atoms with Crippen LogP contribution in [0, 0.1) is 5.82 Å². The zero-order valence-electron chi connectivity index (χ0n) is 14.1. The summed E-state index contributed by atoms with van der Waals surface area (Å²) in [6.45, 7) is 2.35. The van der Waals surface area contributed by atoms with Gasteiger partial charge in [0.1, 0.15) is 11.9 Å². The summed E-state index contributed by atoms with van der Waals surface area (Å²) < 4.78 is 15.3. The second-order valence-corrected chi connectivity index (χ2v) is 7.41. The zero-order valence-corrected chi connectivity index (χ0v) is 15.0. The third kappa shape index (κ3) is 3.68. The molecule has 1 N–H and O–H groups in total. The summed E-state index contributed by atoms with van der Waals surface area (Å²) in [5, 5.41) is 9.33. The molecule has 1 amide bonds. The fourth-order valence-electron chi connectivity index (χ4n) is 3.28. The van der Waals surface area contributed by atoms with Gasteiger partial charge in [0.15, 0.2) is 0 Å². The van der Waals surface area contributed by atoms with Gasteiger partial charge in [0, 0.05) is 30.7 Å². The molecule has 4 rings (SSSR count). The Balaban J connectivity index is 1.48. The molecule has 0 bridgehead atoms. The molecule has 0 radical (unpaired) electrons. The monoisotopic (exact) mass is 370 g/mol. The van der Waals surface area contributed by atoms with Crippen LogP contribution in [0.15, 0.2) is 54.0 Å². The molecule has 3 heterocycles. The van der Waals surface area contributed by atoms with Gasteiger partial charge in [-0.3, -0.25) is 14.4 Å². The van der Waals surface area contributed by atoms with Gasteiger partial charge in [-0.25, -0.2) is 4.39 Å². The Bertz CT molecular complexity index is 893. The Morgan fingerprint density at radius 2 is 2.23 bits per heavy atom. The van der Waals surface area contributed by atoms with Crippen molar-refractivity contribution in [2.24, 2.45) is 0 Å². The Morgan fingerprint density at radius 1 is 1.31 bits per heavy atom. The number of fused-ring (bicyclic) bond motifs is 1. The zero-order chi connectivity index (χ0) is 17.9. The van der Waals surface area contributed by atoms with Gasteiger partial charge in [-0.15, -0.1) is 11.3 Å². The Morgan fingerprint density at radius 3 is 3.04 bits per heavy atom. The largest absolute Gasteiger partial charge is 0.349 e. The maximum absolute atomic E-state index is 13.5. The third-order valence-corrected chi connectivity index (χ3v) is 5.36. The van der Waals surface area contributed by atoms with Crippen molar-refractivity contribution in [3.63, 3.8) is 0 Å². The first-order chi connectivity index (χ1) is 12.7. The molecule has 2 aromatic heterocycles. The lowest BCUT2D eigenvalue weighted by Crippen LogP contribution is -2.44. The first kappa shape index (κ1) is 16.9. The van der Waals surface area contributed by atoms with Crippen molar-refractivity contribution in [3.8, 4) is 0 Å². The SMILES string of the molecule is O=C(NCc1cccs1)[C@H]1CN(Cc2cccc(F)c2)Cc2ccnn21. The standard InChI is InChI=1S/C19H19FN4OS/c20-15-4-1-3-14(9-15)11-23-12-16-6-7-22-24(16)18(13-23)19(25)21-10-17-5-2-8-26-17/h1-9,18H,10-13H2,(H,21,25)/t18-/m1/s1. The second kappa shape index (κ2) is 7.39. The van der Waals surface area contributed by atoms with E-state index in [1.165, 1.54) is 12.1 Å². The average Bonchev–Trinajstić information content (AvgIpc) is 3.30. The Labute approximate surface area is 155 Å². The van der Waals surface area contributed by atoms with Crippen molar-refractivity contribution in [2.75, 3.05) is 6.54 Å². The van der Waals surface area contributed by atoms with Gasteiger partial charge in [-0.2, -0.15) is 5.10 Å². The van der Waals surface area contributed by atoms with Crippen molar-refractivity contribution >= 4 is 17.2 Å². The van der Waals surface area contributed by atoms with Crippen LogP contribution in [-0.4, -0.2) is 27.1 Å².